The van der Waals surface area contributed by atoms with Crippen LogP contribution in [0.3, 0.4) is 0 Å². The molecular formula is C8H10OS. The Morgan fingerprint density at radius 3 is 3.40 bits per heavy atom. The molecule has 0 radical (unpaired) electrons. The van der Waals surface area contributed by atoms with Gasteiger partial charge in [-0.3, -0.25) is 0 Å². The minimum absolute atomic E-state index is 0.906. The molecule has 1 fully saturated rings. The van der Waals surface area contributed by atoms with Crippen molar-refractivity contribution in [2.24, 2.45) is 0 Å². The average molecular weight is 154 g/mol. The van der Waals surface area contributed by atoms with E-state index in [2.05, 4.69) is 11.5 Å². The van der Waals surface area contributed by atoms with Crippen molar-refractivity contribution in [3.8, 4) is 0 Å². The molecule has 54 valence electrons. The van der Waals surface area contributed by atoms with Crippen molar-refractivity contribution < 1.29 is 4.74 Å². The van der Waals surface area contributed by atoms with Crippen molar-refractivity contribution >= 4 is 11.8 Å². The molecule has 0 aromatic carbocycles. The van der Waals surface area contributed by atoms with Gasteiger partial charge in [-0.1, -0.05) is 6.08 Å². The highest BCUT2D eigenvalue weighted by molar-refractivity contribution is 8.02. The fraction of sp³-hybridized carbons (Fsp3) is 0.500. The Morgan fingerprint density at radius 1 is 1.50 bits per heavy atom. The van der Waals surface area contributed by atoms with E-state index in [0.717, 1.165) is 18.1 Å². The number of allylic oxidation sites excluding steroid dienone is 1. The van der Waals surface area contributed by atoms with Gasteiger partial charge in [-0.25, -0.2) is 0 Å². The summed E-state index contributed by atoms with van der Waals surface area (Å²) in [5.41, 5.74) is 1.42. The number of thioether (sulfide) groups is 1. The molecule has 10 heavy (non-hydrogen) atoms. The maximum absolute atomic E-state index is 5.45. The van der Waals surface area contributed by atoms with Gasteiger partial charge in [-0.2, -0.15) is 0 Å². The molecule has 0 saturated carbocycles. The molecule has 2 heteroatoms. The summed E-state index contributed by atoms with van der Waals surface area (Å²) >= 11 is 1.82. The summed E-state index contributed by atoms with van der Waals surface area (Å²) in [6.07, 6.45) is 4.68. The zero-order chi connectivity index (χ0) is 6.81. The third-order valence-corrected chi connectivity index (χ3v) is 2.52. The van der Waals surface area contributed by atoms with Crippen LogP contribution in [0, 0.1) is 0 Å². The van der Waals surface area contributed by atoms with Crippen molar-refractivity contribution in [2.45, 2.75) is 12.8 Å². The quantitative estimate of drug-likeness (QED) is 0.529. The van der Waals surface area contributed by atoms with Crippen LogP contribution in [-0.4, -0.2) is 12.4 Å². The van der Waals surface area contributed by atoms with Crippen molar-refractivity contribution in [1.82, 2.24) is 0 Å². The Balaban J connectivity index is 2.19. The van der Waals surface area contributed by atoms with E-state index >= 15 is 0 Å². The van der Waals surface area contributed by atoms with Crippen LogP contribution in [0.2, 0.25) is 0 Å². The Morgan fingerprint density at radius 2 is 2.50 bits per heavy atom. The Kier molecular flexibility index (Phi) is 1.72. The van der Waals surface area contributed by atoms with Crippen LogP contribution in [0.15, 0.2) is 22.8 Å². The second-order valence-corrected chi connectivity index (χ2v) is 3.40. The third-order valence-electron chi connectivity index (χ3n) is 1.78. The van der Waals surface area contributed by atoms with Gasteiger partial charge >= 0.3 is 0 Å². The van der Waals surface area contributed by atoms with E-state index in [4.69, 9.17) is 4.74 Å². The molecule has 0 bridgehead atoms. The second kappa shape index (κ2) is 2.70. The molecule has 0 aliphatic carbocycles. The molecule has 2 aliphatic heterocycles. The number of ether oxygens (including phenoxy) is 1. The van der Waals surface area contributed by atoms with Crippen LogP contribution < -0.4 is 0 Å². The fourth-order valence-corrected chi connectivity index (χ4v) is 2.01. The lowest BCUT2D eigenvalue weighted by Gasteiger charge is -2.21. The molecule has 0 amide bonds. The first-order valence-electron chi connectivity index (χ1n) is 3.61. The van der Waals surface area contributed by atoms with E-state index in [9.17, 15) is 0 Å². The summed E-state index contributed by atoms with van der Waals surface area (Å²) in [7, 11) is 0. The average Bonchev–Trinajstić information content (AvgIpc) is 2.05. The van der Waals surface area contributed by atoms with Crippen LogP contribution in [-0.2, 0) is 4.74 Å². The minimum atomic E-state index is 0.906. The van der Waals surface area contributed by atoms with Crippen molar-refractivity contribution in [3.63, 3.8) is 0 Å². The highest BCUT2D eigenvalue weighted by Crippen LogP contribution is 2.29. The van der Waals surface area contributed by atoms with E-state index in [1.54, 1.807) is 0 Å². The van der Waals surface area contributed by atoms with Gasteiger partial charge in [0.1, 0.15) is 5.76 Å². The lowest BCUT2D eigenvalue weighted by molar-refractivity contribution is 0.194. The van der Waals surface area contributed by atoms with E-state index in [1.165, 1.54) is 18.4 Å². The smallest absolute Gasteiger partial charge is 0.128 e. The van der Waals surface area contributed by atoms with Gasteiger partial charge in [0.05, 0.1) is 6.61 Å². The SMILES string of the molecule is C1=C2CCCOC2=CSC1. The first-order chi connectivity index (χ1) is 4.97. The van der Waals surface area contributed by atoms with E-state index in [1.807, 2.05) is 11.8 Å². The maximum Gasteiger partial charge on any atom is 0.128 e. The normalized spacial score (nSPS) is 24.0. The molecule has 0 spiro atoms. The van der Waals surface area contributed by atoms with Crippen LogP contribution >= 0.6 is 11.8 Å². The zero-order valence-electron chi connectivity index (χ0n) is 5.80. The maximum atomic E-state index is 5.45. The van der Waals surface area contributed by atoms with Crippen molar-refractivity contribution in [1.29, 1.82) is 0 Å². The number of fused-ring (bicyclic) bond motifs is 1. The third kappa shape index (κ3) is 1.08. The second-order valence-electron chi connectivity index (χ2n) is 2.50. The molecule has 0 aromatic heterocycles. The highest BCUT2D eigenvalue weighted by atomic mass is 32.2. The highest BCUT2D eigenvalue weighted by Gasteiger charge is 2.14. The summed E-state index contributed by atoms with van der Waals surface area (Å²) < 4.78 is 5.45. The largest absolute Gasteiger partial charge is 0.493 e. The predicted molar refractivity (Wildman–Crippen MR) is 43.8 cm³/mol. The van der Waals surface area contributed by atoms with Gasteiger partial charge in [0.25, 0.3) is 0 Å². The minimum Gasteiger partial charge on any atom is -0.493 e. The standard InChI is InChI=1S/C8H10OS/c1-2-7-3-5-10-6-8(7)9-4-1/h3,6H,1-2,4-5H2. The lowest BCUT2D eigenvalue weighted by atomic mass is 10.1. The Hall–Kier alpha value is -0.370. The van der Waals surface area contributed by atoms with Gasteiger partial charge < -0.3 is 4.74 Å². The first-order valence-corrected chi connectivity index (χ1v) is 4.66. The Bertz CT molecular complexity index is 171. The van der Waals surface area contributed by atoms with Crippen LogP contribution in [0.25, 0.3) is 0 Å². The van der Waals surface area contributed by atoms with E-state index in [-0.39, 0.29) is 0 Å². The molecule has 0 unspecified atom stereocenters. The topological polar surface area (TPSA) is 9.23 Å². The lowest BCUT2D eigenvalue weighted by Crippen LogP contribution is -2.08. The number of rotatable bonds is 0. The molecule has 0 atom stereocenters. The van der Waals surface area contributed by atoms with Crippen molar-refractivity contribution in [3.05, 3.63) is 22.8 Å². The molecule has 1 saturated heterocycles. The van der Waals surface area contributed by atoms with Gasteiger partial charge in [0, 0.05) is 11.2 Å². The predicted octanol–water partition coefficient (Wildman–Crippen LogP) is 2.31. The molecule has 0 aromatic rings. The molecule has 0 N–H and O–H groups in total. The van der Waals surface area contributed by atoms with Gasteiger partial charge in [0.15, 0.2) is 0 Å². The van der Waals surface area contributed by atoms with Crippen LogP contribution in [0.5, 0.6) is 0 Å². The summed E-state index contributed by atoms with van der Waals surface area (Å²) in [4.78, 5) is 0. The van der Waals surface area contributed by atoms with Gasteiger partial charge in [-0.05, 0) is 18.4 Å². The molecule has 2 aliphatic rings. The summed E-state index contributed by atoms with van der Waals surface area (Å²) in [5, 5.41) is 2.13. The van der Waals surface area contributed by atoms with E-state index < -0.39 is 0 Å². The molecule has 2 heterocycles. The zero-order valence-corrected chi connectivity index (χ0v) is 6.62. The molecule has 1 nitrogen and oxygen atoms in total. The summed E-state index contributed by atoms with van der Waals surface area (Å²) in [5.74, 6) is 2.25. The monoisotopic (exact) mass is 154 g/mol. The first kappa shape index (κ1) is 6.35. The van der Waals surface area contributed by atoms with Crippen LogP contribution in [0.4, 0.5) is 0 Å². The van der Waals surface area contributed by atoms with Gasteiger partial charge in [-0.15, -0.1) is 11.8 Å². The summed E-state index contributed by atoms with van der Waals surface area (Å²) in [6, 6.07) is 0. The Labute approximate surface area is 65.1 Å². The van der Waals surface area contributed by atoms with Crippen molar-refractivity contribution in [2.75, 3.05) is 12.4 Å². The number of hydrogen-bond donors (Lipinski definition) is 0. The number of hydrogen-bond acceptors (Lipinski definition) is 2. The molecular weight excluding hydrogens is 144 g/mol. The molecule has 2 rings (SSSR count). The van der Waals surface area contributed by atoms with Crippen LogP contribution in [0.1, 0.15) is 12.8 Å². The summed E-state index contributed by atoms with van der Waals surface area (Å²) in [6.45, 7) is 0.906. The fourth-order valence-electron chi connectivity index (χ4n) is 1.25. The van der Waals surface area contributed by atoms with Gasteiger partial charge in [0.2, 0.25) is 0 Å². The van der Waals surface area contributed by atoms with E-state index in [0.29, 0.717) is 0 Å².